The first kappa shape index (κ1) is 14.0. The fourth-order valence-electron chi connectivity index (χ4n) is 3.16. The van der Waals surface area contributed by atoms with E-state index in [9.17, 15) is 0 Å². The van der Waals surface area contributed by atoms with E-state index in [4.69, 9.17) is 9.47 Å². The van der Waals surface area contributed by atoms with Gasteiger partial charge in [-0.1, -0.05) is 19.9 Å². The lowest BCUT2D eigenvalue weighted by molar-refractivity contribution is -0.288. The normalized spacial score (nSPS) is 29.8. The SMILES string of the molecule is CC(C)[C@@H]1CC2(C[C@H](c3ccccn3)N1)OCCCO2. The minimum Gasteiger partial charge on any atom is -0.350 e. The molecule has 0 unspecified atom stereocenters. The van der Waals surface area contributed by atoms with Crippen LogP contribution in [0.3, 0.4) is 0 Å². The molecule has 0 bridgehead atoms. The number of piperidine rings is 1. The lowest BCUT2D eigenvalue weighted by Crippen LogP contribution is -2.55. The minimum atomic E-state index is -0.416. The van der Waals surface area contributed by atoms with E-state index in [1.807, 2.05) is 18.3 Å². The van der Waals surface area contributed by atoms with E-state index in [1.54, 1.807) is 0 Å². The summed E-state index contributed by atoms with van der Waals surface area (Å²) in [6.45, 7) is 6.10. The second-order valence-corrected chi connectivity index (χ2v) is 6.19. The van der Waals surface area contributed by atoms with Crippen molar-refractivity contribution >= 4 is 0 Å². The summed E-state index contributed by atoms with van der Waals surface area (Å²) in [5, 5.41) is 3.72. The van der Waals surface area contributed by atoms with Gasteiger partial charge in [0.15, 0.2) is 5.79 Å². The van der Waals surface area contributed by atoms with Crippen molar-refractivity contribution in [3.05, 3.63) is 30.1 Å². The van der Waals surface area contributed by atoms with Gasteiger partial charge in [-0.2, -0.15) is 0 Å². The van der Waals surface area contributed by atoms with Crippen LogP contribution < -0.4 is 5.32 Å². The van der Waals surface area contributed by atoms with Gasteiger partial charge in [-0.05, 0) is 24.5 Å². The van der Waals surface area contributed by atoms with Gasteiger partial charge in [0, 0.05) is 25.1 Å². The zero-order valence-electron chi connectivity index (χ0n) is 12.3. The largest absolute Gasteiger partial charge is 0.350 e. The van der Waals surface area contributed by atoms with Crippen LogP contribution in [0.25, 0.3) is 0 Å². The van der Waals surface area contributed by atoms with Crippen LogP contribution in [0.2, 0.25) is 0 Å². The highest BCUT2D eigenvalue weighted by Crippen LogP contribution is 2.39. The molecule has 3 rings (SSSR count). The average Bonchev–Trinajstić information content (AvgIpc) is 2.48. The Labute approximate surface area is 120 Å². The number of pyridine rings is 1. The average molecular weight is 276 g/mol. The maximum absolute atomic E-state index is 6.05. The highest BCUT2D eigenvalue weighted by Gasteiger charge is 2.45. The summed E-state index contributed by atoms with van der Waals surface area (Å²) in [6.07, 6.45) is 4.61. The molecule has 2 fully saturated rings. The van der Waals surface area contributed by atoms with Gasteiger partial charge < -0.3 is 14.8 Å². The summed E-state index contributed by atoms with van der Waals surface area (Å²) in [7, 11) is 0. The summed E-state index contributed by atoms with van der Waals surface area (Å²) in [6, 6.07) is 6.68. The Hall–Kier alpha value is -0.970. The Balaban J connectivity index is 1.83. The highest BCUT2D eigenvalue weighted by molar-refractivity contribution is 5.12. The predicted octanol–water partition coefficient (Wildman–Crippen LogP) is 2.66. The standard InChI is InChI=1S/C16H24N2O2/c1-12(2)14-10-16(19-8-5-9-20-16)11-15(18-14)13-6-3-4-7-17-13/h3-4,6-7,12,14-15,18H,5,8-11H2,1-2H3/t14-,15+/m0/s1. The molecule has 0 aliphatic carbocycles. The molecule has 2 aliphatic rings. The van der Waals surface area contributed by atoms with Gasteiger partial charge in [0.1, 0.15) is 0 Å². The number of nitrogens with one attached hydrogen (secondary N) is 1. The first-order chi connectivity index (χ1) is 9.69. The number of hydrogen-bond acceptors (Lipinski definition) is 4. The van der Waals surface area contributed by atoms with Crippen molar-refractivity contribution in [1.29, 1.82) is 0 Å². The van der Waals surface area contributed by atoms with Crippen LogP contribution in [-0.4, -0.2) is 30.0 Å². The van der Waals surface area contributed by atoms with E-state index in [1.165, 1.54) is 0 Å². The van der Waals surface area contributed by atoms with Gasteiger partial charge in [0.25, 0.3) is 0 Å². The van der Waals surface area contributed by atoms with Crippen LogP contribution in [0.5, 0.6) is 0 Å². The summed E-state index contributed by atoms with van der Waals surface area (Å²) < 4.78 is 12.1. The molecule has 1 spiro atoms. The maximum Gasteiger partial charge on any atom is 0.171 e. The van der Waals surface area contributed by atoms with Crippen LogP contribution in [-0.2, 0) is 9.47 Å². The first-order valence-electron chi connectivity index (χ1n) is 7.63. The molecule has 2 aliphatic heterocycles. The van der Waals surface area contributed by atoms with Crippen molar-refractivity contribution in [3.8, 4) is 0 Å². The Bertz CT molecular complexity index is 429. The van der Waals surface area contributed by atoms with Crippen molar-refractivity contribution < 1.29 is 9.47 Å². The van der Waals surface area contributed by atoms with Gasteiger partial charge in [0.05, 0.1) is 24.9 Å². The first-order valence-corrected chi connectivity index (χ1v) is 7.63. The van der Waals surface area contributed by atoms with Crippen molar-refractivity contribution in [2.24, 2.45) is 5.92 Å². The van der Waals surface area contributed by atoms with Crippen LogP contribution in [0.15, 0.2) is 24.4 Å². The Kier molecular flexibility index (Phi) is 4.06. The monoisotopic (exact) mass is 276 g/mol. The van der Waals surface area contributed by atoms with Gasteiger partial charge in [-0.3, -0.25) is 4.98 Å². The quantitative estimate of drug-likeness (QED) is 0.902. The molecule has 1 N–H and O–H groups in total. The lowest BCUT2D eigenvalue weighted by atomic mass is 9.85. The molecular weight excluding hydrogens is 252 g/mol. The third-order valence-corrected chi connectivity index (χ3v) is 4.33. The van der Waals surface area contributed by atoms with Crippen molar-refractivity contribution in [3.63, 3.8) is 0 Å². The van der Waals surface area contributed by atoms with Crippen LogP contribution in [0.1, 0.15) is 44.8 Å². The second kappa shape index (κ2) is 5.80. The number of hydrogen-bond donors (Lipinski definition) is 1. The molecule has 2 saturated heterocycles. The van der Waals surface area contributed by atoms with Gasteiger partial charge in [0.2, 0.25) is 0 Å². The van der Waals surface area contributed by atoms with E-state index in [0.29, 0.717) is 12.0 Å². The molecule has 4 heteroatoms. The topological polar surface area (TPSA) is 43.4 Å². The summed E-state index contributed by atoms with van der Waals surface area (Å²) in [5.41, 5.74) is 1.08. The van der Waals surface area contributed by atoms with Crippen molar-refractivity contribution in [1.82, 2.24) is 10.3 Å². The van der Waals surface area contributed by atoms with Crippen LogP contribution in [0, 0.1) is 5.92 Å². The molecular formula is C16H24N2O2. The van der Waals surface area contributed by atoms with E-state index in [2.05, 4.69) is 30.2 Å². The molecule has 1 aromatic heterocycles. The zero-order chi connectivity index (χ0) is 14.0. The Morgan fingerprint density at radius 3 is 2.70 bits per heavy atom. The molecule has 4 nitrogen and oxygen atoms in total. The number of nitrogens with zero attached hydrogens (tertiary/aromatic N) is 1. The van der Waals surface area contributed by atoms with Crippen molar-refractivity contribution in [2.75, 3.05) is 13.2 Å². The number of aromatic nitrogens is 1. The van der Waals surface area contributed by atoms with E-state index >= 15 is 0 Å². The summed E-state index contributed by atoms with van der Waals surface area (Å²) >= 11 is 0. The van der Waals surface area contributed by atoms with Crippen LogP contribution in [0.4, 0.5) is 0 Å². The Morgan fingerprint density at radius 1 is 1.25 bits per heavy atom. The molecule has 3 heterocycles. The van der Waals surface area contributed by atoms with Gasteiger partial charge in [-0.15, -0.1) is 0 Å². The molecule has 0 saturated carbocycles. The van der Waals surface area contributed by atoms with Gasteiger partial charge >= 0.3 is 0 Å². The fraction of sp³-hybridized carbons (Fsp3) is 0.688. The van der Waals surface area contributed by atoms with E-state index < -0.39 is 5.79 Å². The van der Waals surface area contributed by atoms with Gasteiger partial charge in [-0.25, -0.2) is 0 Å². The number of rotatable bonds is 2. The lowest BCUT2D eigenvalue weighted by Gasteiger charge is -2.47. The molecule has 20 heavy (non-hydrogen) atoms. The Morgan fingerprint density at radius 2 is 2.05 bits per heavy atom. The van der Waals surface area contributed by atoms with E-state index in [0.717, 1.165) is 38.2 Å². The summed E-state index contributed by atoms with van der Waals surface area (Å²) in [5.74, 6) is 0.133. The fourth-order valence-corrected chi connectivity index (χ4v) is 3.16. The molecule has 0 amide bonds. The number of ether oxygens (including phenoxy) is 2. The predicted molar refractivity (Wildman–Crippen MR) is 77.2 cm³/mol. The maximum atomic E-state index is 6.05. The minimum absolute atomic E-state index is 0.204. The zero-order valence-corrected chi connectivity index (χ0v) is 12.3. The molecule has 0 radical (unpaired) electrons. The van der Waals surface area contributed by atoms with Crippen molar-refractivity contribution in [2.45, 2.75) is 51.0 Å². The highest BCUT2D eigenvalue weighted by atomic mass is 16.7. The third-order valence-electron chi connectivity index (χ3n) is 4.33. The van der Waals surface area contributed by atoms with Crippen LogP contribution >= 0.6 is 0 Å². The van der Waals surface area contributed by atoms with E-state index in [-0.39, 0.29) is 6.04 Å². The molecule has 110 valence electrons. The second-order valence-electron chi connectivity index (χ2n) is 6.19. The third kappa shape index (κ3) is 2.87. The smallest absolute Gasteiger partial charge is 0.171 e. The summed E-state index contributed by atoms with van der Waals surface area (Å²) in [4.78, 5) is 4.50. The molecule has 1 aromatic rings. The molecule has 0 aromatic carbocycles. The molecule has 2 atom stereocenters.